The summed E-state index contributed by atoms with van der Waals surface area (Å²) in [4.78, 5) is 2.56. The molecule has 16 heavy (non-hydrogen) atoms. The third-order valence-corrected chi connectivity index (χ3v) is 4.86. The van der Waals surface area contributed by atoms with Crippen molar-refractivity contribution in [2.75, 3.05) is 37.7 Å². The van der Waals surface area contributed by atoms with Crippen LogP contribution in [0.4, 0.5) is 0 Å². The predicted octanol–water partition coefficient (Wildman–Crippen LogP) is 1.18. The molecule has 2 saturated heterocycles. The number of rotatable bonds is 3. The monoisotopic (exact) mass is 244 g/mol. The molecular weight excluding hydrogens is 220 g/mol. The largest absolute Gasteiger partial charge is 0.373 e. The van der Waals surface area contributed by atoms with Crippen LogP contribution in [0.25, 0.3) is 0 Å². The van der Waals surface area contributed by atoms with Crippen molar-refractivity contribution >= 4 is 11.8 Å². The fourth-order valence-corrected chi connectivity index (χ4v) is 4.16. The van der Waals surface area contributed by atoms with Crippen LogP contribution in [-0.2, 0) is 4.74 Å². The van der Waals surface area contributed by atoms with Crippen molar-refractivity contribution in [3.05, 3.63) is 0 Å². The lowest BCUT2D eigenvalue weighted by molar-refractivity contribution is -0.101. The van der Waals surface area contributed by atoms with Gasteiger partial charge in [-0.25, -0.2) is 0 Å². The number of hydrogen-bond donors (Lipinski definition) is 1. The lowest BCUT2D eigenvalue weighted by Gasteiger charge is -2.43. The summed E-state index contributed by atoms with van der Waals surface area (Å²) >= 11 is 2.08. The van der Waals surface area contributed by atoms with Crippen molar-refractivity contribution < 1.29 is 4.74 Å². The standard InChI is InChI=1S/C12H24N2OS/c1-12(2)9-14(4-5-15-12)11(7-13)10-3-6-16-8-10/h10-11H,3-9,13H2,1-2H3. The van der Waals surface area contributed by atoms with E-state index in [0.29, 0.717) is 6.04 Å². The van der Waals surface area contributed by atoms with E-state index < -0.39 is 0 Å². The molecule has 94 valence electrons. The molecule has 2 unspecified atom stereocenters. The normalized spacial score (nSPS) is 32.8. The zero-order valence-electron chi connectivity index (χ0n) is 10.4. The van der Waals surface area contributed by atoms with Crippen LogP contribution < -0.4 is 5.73 Å². The minimum atomic E-state index is -0.00256. The van der Waals surface area contributed by atoms with Crippen LogP contribution in [0.3, 0.4) is 0 Å². The molecule has 2 aliphatic rings. The molecule has 2 rings (SSSR count). The van der Waals surface area contributed by atoms with Gasteiger partial charge in [-0.05, 0) is 37.7 Å². The maximum Gasteiger partial charge on any atom is 0.0753 e. The second kappa shape index (κ2) is 5.25. The summed E-state index contributed by atoms with van der Waals surface area (Å²) in [6, 6.07) is 0.568. The van der Waals surface area contributed by atoms with Crippen molar-refractivity contribution in [3.63, 3.8) is 0 Å². The van der Waals surface area contributed by atoms with Gasteiger partial charge >= 0.3 is 0 Å². The lowest BCUT2D eigenvalue weighted by Crippen LogP contribution is -2.56. The molecule has 0 bridgehead atoms. The number of hydrogen-bond acceptors (Lipinski definition) is 4. The van der Waals surface area contributed by atoms with Crippen LogP contribution in [-0.4, -0.2) is 54.3 Å². The van der Waals surface area contributed by atoms with Gasteiger partial charge in [0.15, 0.2) is 0 Å². The third-order valence-electron chi connectivity index (χ3n) is 3.67. The van der Waals surface area contributed by atoms with Crippen LogP contribution in [0.1, 0.15) is 20.3 Å². The Bertz CT molecular complexity index is 229. The average Bonchev–Trinajstić information content (AvgIpc) is 2.71. The second-order valence-electron chi connectivity index (χ2n) is 5.51. The molecule has 0 saturated carbocycles. The molecule has 2 atom stereocenters. The van der Waals surface area contributed by atoms with E-state index in [1.165, 1.54) is 17.9 Å². The van der Waals surface area contributed by atoms with Gasteiger partial charge in [-0.15, -0.1) is 0 Å². The Kier molecular flexibility index (Phi) is 4.16. The molecule has 0 radical (unpaired) electrons. The number of morpholine rings is 1. The van der Waals surface area contributed by atoms with E-state index in [1.807, 2.05) is 0 Å². The van der Waals surface area contributed by atoms with Crippen molar-refractivity contribution in [1.82, 2.24) is 4.90 Å². The summed E-state index contributed by atoms with van der Waals surface area (Å²) in [5.74, 6) is 3.40. The zero-order chi connectivity index (χ0) is 11.6. The molecule has 2 N–H and O–H groups in total. The smallest absolute Gasteiger partial charge is 0.0753 e. The Morgan fingerprint density at radius 2 is 2.38 bits per heavy atom. The fraction of sp³-hybridized carbons (Fsp3) is 1.00. The van der Waals surface area contributed by atoms with Gasteiger partial charge < -0.3 is 10.5 Å². The Balaban J connectivity index is 1.97. The van der Waals surface area contributed by atoms with Gasteiger partial charge in [-0.1, -0.05) is 0 Å². The molecule has 0 aromatic heterocycles. The fourth-order valence-electron chi connectivity index (χ4n) is 2.83. The van der Waals surface area contributed by atoms with Crippen LogP contribution in [0.2, 0.25) is 0 Å². The summed E-state index contributed by atoms with van der Waals surface area (Å²) in [5, 5.41) is 0. The number of ether oxygens (including phenoxy) is 1. The molecule has 4 heteroatoms. The van der Waals surface area contributed by atoms with E-state index in [-0.39, 0.29) is 5.60 Å². The first kappa shape index (κ1) is 12.7. The van der Waals surface area contributed by atoms with Crippen LogP contribution in [0, 0.1) is 5.92 Å². The van der Waals surface area contributed by atoms with Crippen LogP contribution in [0.15, 0.2) is 0 Å². The Labute approximate surface area is 103 Å². The number of thioether (sulfide) groups is 1. The zero-order valence-corrected chi connectivity index (χ0v) is 11.3. The first-order valence-electron chi connectivity index (χ1n) is 6.28. The number of nitrogens with zero attached hydrogens (tertiary/aromatic N) is 1. The summed E-state index contributed by atoms with van der Waals surface area (Å²) in [6.07, 6.45) is 1.34. The molecule has 0 aromatic carbocycles. The van der Waals surface area contributed by atoms with E-state index in [2.05, 4.69) is 30.5 Å². The maximum absolute atomic E-state index is 5.98. The van der Waals surface area contributed by atoms with Gasteiger partial charge in [-0.3, -0.25) is 4.90 Å². The first-order valence-corrected chi connectivity index (χ1v) is 7.44. The van der Waals surface area contributed by atoms with E-state index in [9.17, 15) is 0 Å². The highest BCUT2D eigenvalue weighted by atomic mass is 32.2. The topological polar surface area (TPSA) is 38.5 Å². The highest BCUT2D eigenvalue weighted by molar-refractivity contribution is 7.99. The van der Waals surface area contributed by atoms with E-state index in [0.717, 1.165) is 32.2 Å². The van der Waals surface area contributed by atoms with Crippen molar-refractivity contribution in [1.29, 1.82) is 0 Å². The molecule has 3 nitrogen and oxygen atoms in total. The highest BCUT2D eigenvalue weighted by Crippen LogP contribution is 2.30. The highest BCUT2D eigenvalue weighted by Gasteiger charge is 2.35. The molecule has 2 fully saturated rings. The summed E-state index contributed by atoms with van der Waals surface area (Å²) in [5.41, 5.74) is 5.98. The van der Waals surface area contributed by atoms with Gasteiger partial charge in [0.1, 0.15) is 0 Å². The van der Waals surface area contributed by atoms with E-state index >= 15 is 0 Å². The molecule has 0 aromatic rings. The lowest BCUT2D eigenvalue weighted by atomic mass is 9.95. The van der Waals surface area contributed by atoms with Gasteiger partial charge in [-0.2, -0.15) is 11.8 Å². The maximum atomic E-state index is 5.98. The molecule has 0 aliphatic carbocycles. The Hall–Kier alpha value is 0.230. The van der Waals surface area contributed by atoms with E-state index in [4.69, 9.17) is 10.5 Å². The van der Waals surface area contributed by atoms with Gasteiger partial charge in [0.25, 0.3) is 0 Å². The van der Waals surface area contributed by atoms with Gasteiger partial charge in [0.2, 0.25) is 0 Å². The molecule has 2 heterocycles. The molecule has 0 amide bonds. The molecule has 0 spiro atoms. The first-order chi connectivity index (χ1) is 7.62. The van der Waals surface area contributed by atoms with Crippen LogP contribution in [0.5, 0.6) is 0 Å². The molecular formula is C12H24N2OS. The Morgan fingerprint density at radius 1 is 1.56 bits per heavy atom. The second-order valence-corrected chi connectivity index (χ2v) is 6.66. The predicted molar refractivity (Wildman–Crippen MR) is 69.9 cm³/mol. The summed E-state index contributed by atoms with van der Waals surface area (Å²) in [6.45, 7) is 8.07. The minimum absolute atomic E-state index is 0.00256. The summed E-state index contributed by atoms with van der Waals surface area (Å²) in [7, 11) is 0. The van der Waals surface area contributed by atoms with Gasteiger partial charge in [0.05, 0.1) is 12.2 Å². The minimum Gasteiger partial charge on any atom is -0.373 e. The van der Waals surface area contributed by atoms with E-state index in [1.54, 1.807) is 0 Å². The van der Waals surface area contributed by atoms with Gasteiger partial charge in [0, 0.05) is 25.7 Å². The van der Waals surface area contributed by atoms with Crippen molar-refractivity contribution in [3.8, 4) is 0 Å². The van der Waals surface area contributed by atoms with Crippen molar-refractivity contribution in [2.24, 2.45) is 11.7 Å². The Morgan fingerprint density at radius 3 is 2.94 bits per heavy atom. The van der Waals surface area contributed by atoms with Crippen molar-refractivity contribution in [2.45, 2.75) is 31.9 Å². The molecule has 2 aliphatic heterocycles. The quantitative estimate of drug-likeness (QED) is 0.809. The third kappa shape index (κ3) is 2.92. The van der Waals surface area contributed by atoms with Crippen LogP contribution >= 0.6 is 11.8 Å². The summed E-state index contributed by atoms with van der Waals surface area (Å²) < 4.78 is 5.77. The average molecular weight is 244 g/mol. The number of nitrogens with two attached hydrogens (primary N) is 1. The SMILES string of the molecule is CC1(C)CN(C(CN)C2CCSC2)CCO1.